The molecule has 0 atom stereocenters. The molecule has 5 nitrogen and oxygen atoms in total. The molecule has 1 saturated heterocycles. The maximum absolute atomic E-state index is 6.29. The van der Waals surface area contributed by atoms with E-state index >= 15 is 0 Å². The number of hydrogen-bond donors (Lipinski definition) is 0. The van der Waals surface area contributed by atoms with Crippen molar-refractivity contribution in [3.8, 4) is 0 Å². The Morgan fingerprint density at radius 1 is 1.05 bits per heavy atom. The molecule has 0 aliphatic carbocycles. The molecule has 3 rings (SSSR count). The Bertz CT molecular complexity index is 579. The smallest absolute Gasteiger partial charge is 0.0825 e. The molecule has 1 aromatic heterocycles. The summed E-state index contributed by atoms with van der Waals surface area (Å²) in [6, 6.07) is 5.79. The van der Waals surface area contributed by atoms with Gasteiger partial charge in [-0.3, -0.25) is 9.58 Å². The van der Waals surface area contributed by atoms with E-state index in [1.165, 1.54) is 0 Å². The molecule has 0 bridgehead atoms. The molecule has 0 radical (unpaired) electrons. The number of benzene rings is 1. The molecule has 0 N–H and O–H groups in total. The highest BCUT2D eigenvalue weighted by molar-refractivity contribution is 6.43. The van der Waals surface area contributed by atoms with E-state index in [4.69, 9.17) is 23.2 Å². The zero-order valence-electron chi connectivity index (χ0n) is 11.6. The van der Waals surface area contributed by atoms with Crippen molar-refractivity contribution in [2.45, 2.75) is 6.54 Å². The van der Waals surface area contributed by atoms with Crippen LogP contribution in [0.3, 0.4) is 0 Å². The van der Waals surface area contributed by atoms with Crippen LogP contribution in [0.2, 0.25) is 10.0 Å². The average molecular weight is 326 g/mol. The van der Waals surface area contributed by atoms with Gasteiger partial charge in [0.2, 0.25) is 0 Å². The van der Waals surface area contributed by atoms with Gasteiger partial charge in [-0.15, -0.1) is 5.10 Å². The van der Waals surface area contributed by atoms with E-state index < -0.39 is 0 Å². The molecule has 112 valence electrons. The lowest BCUT2D eigenvalue weighted by atomic mass is 10.2. The number of rotatable bonds is 4. The van der Waals surface area contributed by atoms with Gasteiger partial charge in [0.05, 0.1) is 28.5 Å². The third kappa shape index (κ3) is 3.48. The minimum atomic E-state index is 0.614. The van der Waals surface area contributed by atoms with Gasteiger partial charge in [0.25, 0.3) is 0 Å². The van der Waals surface area contributed by atoms with Gasteiger partial charge in [-0.2, -0.15) is 0 Å². The van der Waals surface area contributed by atoms with Crippen LogP contribution in [0.15, 0.2) is 30.6 Å². The second-order valence-corrected chi connectivity index (χ2v) is 5.85. The Labute approximate surface area is 134 Å². The fraction of sp³-hybridized carbons (Fsp3) is 0.429. The van der Waals surface area contributed by atoms with Crippen LogP contribution in [0.25, 0.3) is 0 Å². The van der Waals surface area contributed by atoms with Gasteiger partial charge in [0.1, 0.15) is 0 Å². The summed E-state index contributed by atoms with van der Waals surface area (Å²) in [5.74, 6) is 0. The van der Waals surface area contributed by atoms with Gasteiger partial charge in [-0.25, -0.2) is 0 Å². The van der Waals surface area contributed by atoms with Gasteiger partial charge >= 0.3 is 0 Å². The molecule has 1 fully saturated rings. The quantitative estimate of drug-likeness (QED) is 0.865. The number of piperazine rings is 1. The molecule has 0 saturated carbocycles. The summed E-state index contributed by atoms with van der Waals surface area (Å²) in [4.78, 5) is 4.72. The van der Waals surface area contributed by atoms with Crippen molar-refractivity contribution in [3.63, 3.8) is 0 Å². The largest absolute Gasteiger partial charge is 0.368 e. The van der Waals surface area contributed by atoms with E-state index in [0.29, 0.717) is 10.0 Å². The highest BCUT2D eigenvalue weighted by Gasteiger charge is 2.19. The molecule has 7 heteroatoms. The van der Waals surface area contributed by atoms with E-state index in [1.807, 2.05) is 29.1 Å². The molecule has 2 aromatic rings. The zero-order chi connectivity index (χ0) is 14.7. The highest BCUT2D eigenvalue weighted by Crippen LogP contribution is 2.32. The molecular weight excluding hydrogens is 309 g/mol. The summed E-state index contributed by atoms with van der Waals surface area (Å²) in [5.41, 5.74) is 1.03. The normalized spacial score (nSPS) is 16.4. The van der Waals surface area contributed by atoms with Crippen LogP contribution in [0.5, 0.6) is 0 Å². The van der Waals surface area contributed by atoms with Crippen molar-refractivity contribution in [1.82, 2.24) is 19.9 Å². The second-order valence-electron chi connectivity index (χ2n) is 5.07. The van der Waals surface area contributed by atoms with Crippen LogP contribution in [0.4, 0.5) is 5.69 Å². The number of aromatic nitrogens is 3. The maximum Gasteiger partial charge on any atom is 0.0825 e. The van der Waals surface area contributed by atoms with Gasteiger partial charge in [0.15, 0.2) is 0 Å². The van der Waals surface area contributed by atoms with Crippen LogP contribution in [-0.4, -0.2) is 52.6 Å². The molecule has 2 heterocycles. The Balaban J connectivity index is 1.54. The third-order valence-electron chi connectivity index (χ3n) is 3.76. The van der Waals surface area contributed by atoms with Crippen LogP contribution in [0, 0.1) is 0 Å². The van der Waals surface area contributed by atoms with Gasteiger partial charge in [-0.05, 0) is 12.1 Å². The molecule has 0 unspecified atom stereocenters. The molecule has 1 aliphatic heterocycles. The van der Waals surface area contributed by atoms with E-state index in [-0.39, 0.29) is 0 Å². The Morgan fingerprint density at radius 2 is 1.86 bits per heavy atom. The van der Waals surface area contributed by atoms with E-state index in [1.54, 1.807) is 6.20 Å². The number of nitrogens with zero attached hydrogens (tertiary/aromatic N) is 5. The number of hydrogen-bond acceptors (Lipinski definition) is 4. The van der Waals surface area contributed by atoms with Crippen LogP contribution in [0.1, 0.15) is 0 Å². The lowest BCUT2D eigenvalue weighted by Crippen LogP contribution is -2.47. The Morgan fingerprint density at radius 3 is 2.57 bits per heavy atom. The first kappa shape index (κ1) is 14.6. The molecule has 1 aromatic carbocycles. The SMILES string of the molecule is Clc1cccc(N2CCN(CCn3ccnn3)CC2)c1Cl. The lowest BCUT2D eigenvalue weighted by molar-refractivity contribution is 0.244. The van der Waals surface area contributed by atoms with Crippen molar-refractivity contribution in [2.75, 3.05) is 37.6 Å². The summed E-state index contributed by atoms with van der Waals surface area (Å²) in [6.07, 6.45) is 3.60. The van der Waals surface area contributed by atoms with Crippen molar-refractivity contribution in [3.05, 3.63) is 40.6 Å². The van der Waals surface area contributed by atoms with Crippen molar-refractivity contribution in [1.29, 1.82) is 0 Å². The monoisotopic (exact) mass is 325 g/mol. The number of anilines is 1. The predicted octanol–water partition coefficient (Wildman–Crippen LogP) is 2.41. The van der Waals surface area contributed by atoms with Gasteiger partial charge in [0, 0.05) is 38.9 Å². The van der Waals surface area contributed by atoms with Crippen LogP contribution < -0.4 is 4.90 Å². The topological polar surface area (TPSA) is 37.2 Å². The van der Waals surface area contributed by atoms with Crippen molar-refractivity contribution in [2.24, 2.45) is 0 Å². The first-order valence-corrected chi connectivity index (χ1v) is 7.75. The first-order chi connectivity index (χ1) is 10.2. The minimum Gasteiger partial charge on any atom is -0.368 e. The molecular formula is C14H17Cl2N5. The van der Waals surface area contributed by atoms with Gasteiger partial charge < -0.3 is 4.90 Å². The maximum atomic E-state index is 6.29. The third-order valence-corrected chi connectivity index (χ3v) is 4.57. The molecule has 1 aliphatic rings. The molecule has 21 heavy (non-hydrogen) atoms. The lowest BCUT2D eigenvalue weighted by Gasteiger charge is -2.36. The van der Waals surface area contributed by atoms with Crippen molar-refractivity contribution >= 4 is 28.9 Å². The fourth-order valence-corrected chi connectivity index (χ4v) is 2.96. The van der Waals surface area contributed by atoms with Crippen molar-refractivity contribution < 1.29 is 0 Å². The molecule has 0 amide bonds. The van der Waals surface area contributed by atoms with E-state index in [9.17, 15) is 0 Å². The number of halogens is 2. The summed E-state index contributed by atoms with van der Waals surface area (Å²) in [5, 5.41) is 9.06. The van der Waals surface area contributed by atoms with E-state index in [0.717, 1.165) is 45.0 Å². The van der Waals surface area contributed by atoms with E-state index in [2.05, 4.69) is 20.1 Å². The average Bonchev–Trinajstić information content (AvgIpc) is 3.02. The minimum absolute atomic E-state index is 0.614. The molecule has 0 spiro atoms. The van der Waals surface area contributed by atoms with Crippen LogP contribution in [-0.2, 0) is 6.54 Å². The Hall–Kier alpha value is -1.30. The van der Waals surface area contributed by atoms with Crippen LogP contribution >= 0.6 is 23.2 Å². The first-order valence-electron chi connectivity index (χ1n) is 6.99. The summed E-state index contributed by atoms with van der Waals surface area (Å²) in [7, 11) is 0. The van der Waals surface area contributed by atoms with Gasteiger partial charge in [-0.1, -0.05) is 34.5 Å². The second kappa shape index (κ2) is 6.64. The standard InChI is InChI=1S/C14H17Cl2N5/c15-12-2-1-3-13(14(12)16)20-9-6-19(7-10-20)8-11-21-5-4-17-18-21/h1-5H,6-11H2. The summed E-state index contributed by atoms with van der Waals surface area (Å²) in [6.45, 7) is 5.79. The zero-order valence-corrected chi connectivity index (χ0v) is 13.1. The fourth-order valence-electron chi connectivity index (χ4n) is 2.54. The predicted molar refractivity (Wildman–Crippen MR) is 85.1 cm³/mol. The highest BCUT2D eigenvalue weighted by atomic mass is 35.5. The summed E-state index contributed by atoms with van der Waals surface area (Å²) >= 11 is 12.4. The Kier molecular flexibility index (Phi) is 4.63. The summed E-state index contributed by atoms with van der Waals surface area (Å²) < 4.78 is 1.86.